The van der Waals surface area contributed by atoms with Crippen LogP contribution in [0.15, 0.2) is 75.8 Å². The van der Waals surface area contributed by atoms with Crippen LogP contribution in [0.5, 0.6) is 0 Å². The molecule has 0 saturated heterocycles. The molecule has 0 aliphatic heterocycles. The molecule has 5 nitrogen and oxygen atoms in total. The van der Waals surface area contributed by atoms with Gasteiger partial charge >= 0.3 is 0 Å². The summed E-state index contributed by atoms with van der Waals surface area (Å²) in [5.74, 6) is 0. The molecule has 28 heavy (non-hydrogen) atoms. The van der Waals surface area contributed by atoms with Gasteiger partial charge in [0.25, 0.3) is 0 Å². The van der Waals surface area contributed by atoms with Crippen molar-refractivity contribution >= 4 is 54.4 Å². The highest BCUT2D eigenvalue weighted by Crippen LogP contribution is 2.32. The fourth-order valence-corrected chi connectivity index (χ4v) is 6.70. The van der Waals surface area contributed by atoms with Crippen molar-refractivity contribution in [2.45, 2.75) is 15.0 Å². The molecule has 148 valence electrons. The summed E-state index contributed by atoms with van der Waals surface area (Å²) in [6.45, 7) is -0.309. The standard InChI is InChI=1S/C18H15Cl2NO4S3/c19-13-3-7-15(8-4-13)27(22,23)18(17-2-1-11-26-17)12-21-28(24,25)16-9-5-14(20)6-10-16/h1-11,18,21H,12H2. The molecule has 0 saturated carbocycles. The first-order valence-corrected chi connectivity index (χ1v) is 12.6. The van der Waals surface area contributed by atoms with Crippen molar-refractivity contribution in [2.24, 2.45) is 0 Å². The highest BCUT2D eigenvalue weighted by atomic mass is 35.5. The Hall–Kier alpha value is -1.42. The van der Waals surface area contributed by atoms with E-state index in [1.54, 1.807) is 17.5 Å². The molecule has 0 spiro atoms. The average molecular weight is 476 g/mol. The number of sulfonamides is 1. The number of hydrogen-bond acceptors (Lipinski definition) is 5. The topological polar surface area (TPSA) is 80.3 Å². The molecule has 1 unspecified atom stereocenters. The molecule has 2 aromatic carbocycles. The van der Waals surface area contributed by atoms with Crippen molar-refractivity contribution in [1.82, 2.24) is 4.72 Å². The third kappa shape index (κ3) is 4.76. The van der Waals surface area contributed by atoms with Crippen LogP contribution in [0.1, 0.15) is 10.1 Å². The van der Waals surface area contributed by atoms with Gasteiger partial charge in [0.15, 0.2) is 9.84 Å². The van der Waals surface area contributed by atoms with E-state index in [2.05, 4.69) is 4.72 Å². The Morgan fingerprint density at radius 2 is 1.36 bits per heavy atom. The summed E-state index contributed by atoms with van der Waals surface area (Å²) in [6, 6.07) is 14.8. The molecule has 3 aromatic rings. The van der Waals surface area contributed by atoms with Crippen molar-refractivity contribution < 1.29 is 16.8 Å². The van der Waals surface area contributed by atoms with Gasteiger partial charge in [-0.15, -0.1) is 11.3 Å². The Morgan fingerprint density at radius 3 is 1.86 bits per heavy atom. The first kappa shape index (κ1) is 21.3. The second-order valence-electron chi connectivity index (χ2n) is 5.81. The maximum Gasteiger partial charge on any atom is 0.240 e. The Balaban J connectivity index is 1.91. The minimum Gasteiger partial charge on any atom is -0.223 e. The molecule has 0 bridgehead atoms. The summed E-state index contributed by atoms with van der Waals surface area (Å²) in [5, 5.41) is 1.49. The summed E-state index contributed by atoms with van der Waals surface area (Å²) in [6.07, 6.45) is 0. The van der Waals surface area contributed by atoms with Gasteiger partial charge in [0.05, 0.1) is 9.79 Å². The average Bonchev–Trinajstić information content (AvgIpc) is 3.16. The van der Waals surface area contributed by atoms with Gasteiger partial charge in [-0.1, -0.05) is 29.3 Å². The molecule has 3 rings (SSSR count). The van der Waals surface area contributed by atoms with Gasteiger partial charge in [0.1, 0.15) is 5.25 Å². The maximum atomic E-state index is 13.2. The van der Waals surface area contributed by atoms with E-state index >= 15 is 0 Å². The Kier molecular flexibility index (Phi) is 6.48. The van der Waals surface area contributed by atoms with Crippen LogP contribution in [-0.2, 0) is 19.9 Å². The van der Waals surface area contributed by atoms with Gasteiger partial charge in [-0.2, -0.15) is 0 Å². The molecule has 1 N–H and O–H groups in total. The smallest absolute Gasteiger partial charge is 0.223 e. The fourth-order valence-electron chi connectivity index (χ4n) is 2.51. The first-order valence-electron chi connectivity index (χ1n) is 7.98. The number of thiophene rings is 1. The molecule has 0 fully saturated rings. The van der Waals surface area contributed by atoms with Crippen molar-refractivity contribution in [2.75, 3.05) is 6.54 Å². The Bertz CT molecular complexity index is 1140. The molecule has 0 aliphatic carbocycles. The molecule has 1 aromatic heterocycles. The lowest BCUT2D eigenvalue weighted by Gasteiger charge is -2.17. The van der Waals surface area contributed by atoms with E-state index in [9.17, 15) is 16.8 Å². The van der Waals surface area contributed by atoms with E-state index in [1.165, 1.54) is 59.9 Å². The highest BCUT2D eigenvalue weighted by Gasteiger charge is 2.31. The molecular weight excluding hydrogens is 461 g/mol. The second-order valence-corrected chi connectivity index (χ2v) is 11.6. The summed E-state index contributed by atoms with van der Waals surface area (Å²) >= 11 is 12.9. The monoisotopic (exact) mass is 475 g/mol. The van der Waals surface area contributed by atoms with Crippen molar-refractivity contribution in [3.63, 3.8) is 0 Å². The minimum absolute atomic E-state index is 0.00530. The van der Waals surface area contributed by atoms with E-state index in [4.69, 9.17) is 23.2 Å². The quantitative estimate of drug-likeness (QED) is 0.543. The van der Waals surface area contributed by atoms with Crippen LogP contribution in [0.2, 0.25) is 10.0 Å². The van der Waals surface area contributed by atoms with Gasteiger partial charge in [-0.3, -0.25) is 0 Å². The number of benzene rings is 2. The van der Waals surface area contributed by atoms with Gasteiger partial charge < -0.3 is 0 Å². The highest BCUT2D eigenvalue weighted by molar-refractivity contribution is 7.92. The van der Waals surface area contributed by atoms with Gasteiger partial charge in [0.2, 0.25) is 10.0 Å². The number of nitrogens with one attached hydrogen (secondary N) is 1. The predicted molar refractivity (Wildman–Crippen MR) is 112 cm³/mol. The van der Waals surface area contributed by atoms with Crippen LogP contribution in [0.3, 0.4) is 0 Å². The SMILES string of the molecule is O=S(=O)(NCC(c1cccs1)S(=O)(=O)c1ccc(Cl)cc1)c1ccc(Cl)cc1. The zero-order chi connectivity index (χ0) is 20.4. The predicted octanol–water partition coefficient (Wildman–Crippen LogP) is 4.55. The molecular formula is C18H15Cl2NO4S3. The molecule has 10 heteroatoms. The van der Waals surface area contributed by atoms with Crippen LogP contribution < -0.4 is 4.72 Å². The largest absolute Gasteiger partial charge is 0.240 e. The van der Waals surface area contributed by atoms with Crippen molar-refractivity contribution in [3.05, 3.63) is 81.0 Å². The van der Waals surface area contributed by atoms with Gasteiger partial charge in [0, 0.05) is 21.5 Å². The molecule has 0 aliphatic rings. The zero-order valence-corrected chi connectivity index (χ0v) is 18.2. The number of hydrogen-bond donors (Lipinski definition) is 1. The molecule has 1 atom stereocenters. The number of rotatable bonds is 7. The van der Waals surface area contributed by atoms with E-state index in [0.29, 0.717) is 14.9 Å². The second kappa shape index (κ2) is 8.52. The van der Waals surface area contributed by atoms with E-state index in [-0.39, 0.29) is 16.3 Å². The van der Waals surface area contributed by atoms with Gasteiger partial charge in [-0.25, -0.2) is 21.6 Å². The van der Waals surface area contributed by atoms with Crippen molar-refractivity contribution in [1.29, 1.82) is 0 Å². The molecule has 1 heterocycles. The van der Waals surface area contributed by atoms with E-state index < -0.39 is 25.1 Å². The zero-order valence-electron chi connectivity index (χ0n) is 14.2. The summed E-state index contributed by atoms with van der Waals surface area (Å²) < 4.78 is 53.8. The van der Waals surface area contributed by atoms with E-state index in [0.717, 1.165) is 0 Å². The molecule has 0 amide bonds. The lowest BCUT2D eigenvalue weighted by Crippen LogP contribution is -2.31. The minimum atomic E-state index is -3.90. The lowest BCUT2D eigenvalue weighted by atomic mass is 10.3. The normalized spacial score (nSPS) is 13.4. The maximum absolute atomic E-state index is 13.2. The third-order valence-electron chi connectivity index (χ3n) is 3.96. The van der Waals surface area contributed by atoms with E-state index in [1.807, 2.05) is 0 Å². The fraction of sp³-hybridized carbons (Fsp3) is 0.111. The van der Waals surface area contributed by atoms with Gasteiger partial charge in [-0.05, 0) is 60.0 Å². The van der Waals surface area contributed by atoms with Crippen LogP contribution in [-0.4, -0.2) is 23.4 Å². The number of halogens is 2. The van der Waals surface area contributed by atoms with Crippen molar-refractivity contribution in [3.8, 4) is 0 Å². The van der Waals surface area contributed by atoms with Crippen LogP contribution in [0.4, 0.5) is 0 Å². The third-order valence-corrected chi connectivity index (χ3v) is 9.14. The first-order chi connectivity index (χ1) is 13.2. The Morgan fingerprint density at radius 1 is 0.821 bits per heavy atom. The van der Waals surface area contributed by atoms with Crippen LogP contribution in [0, 0.1) is 0 Å². The lowest BCUT2D eigenvalue weighted by molar-refractivity contribution is 0.569. The summed E-state index contributed by atoms with van der Waals surface area (Å²) in [4.78, 5) is 0.612. The number of sulfone groups is 1. The van der Waals surface area contributed by atoms with Crippen LogP contribution in [0.25, 0.3) is 0 Å². The Labute approximate surface area is 177 Å². The molecule has 0 radical (unpaired) electrons. The summed E-state index contributed by atoms with van der Waals surface area (Å²) in [7, 11) is -7.75. The van der Waals surface area contributed by atoms with Crippen LogP contribution >= 0.6 is 34.5 Å². The summed E-state index contributed by atoms with van der Waals surface area (Å²) in [5.41, 5.74) is 0.